The Morgan fingerprint density at radius 2 is 2.50 bits per heavy atom. The zero-order chi connectivity index (χ0) is 12.4. The van der Waals surface area contributed by atoms with Crippen LogP contribution in [0, 0.1) is 0 Å². The maximum absolute atomic E-state index is 4.47. The van der Waals surface area contributed by atoms with Crippen molar-refractivity contribution >= 4 is 11.3 Å². The van der Waals surface area contributed by atoms with Crippen molar-refractivity contribution in [3.05, 3.63) is 34.0 Å². The highest BCUT2D eigenvalue weighted by atomic mass is 32.1. The van der Waals surface area contributed by atoms with E-state index in [1.54, 1.807) is 11.3 Å². The molecule has 0 aromatic carbocycles. The molecular formula is C13H18N4S. The van der Waals surface area contributed by atoms with Crippen molar-refractivity contribution in [3.63, 3.8) is 0 Å². The highest BCUT2D eigenvalue weighted by Gasteiger charge is 2.23. The Labute approximate surface area is 111 Å². The Balaban J connectivity index is 1.73. The number of aryl methyl sites for hydroxylation is 1. The Bertz CT molecular complexity index is 503. The Morgan fingerprint density at radius 1 is 1.56 bits per heavy atom. The van der Waals surface area contributed by atoms with Crippen molar-refractivity contribution < 1.29 is 0 Å². The predicted molar refractivity (Wildman–Crippen MR) is 72.5 cm³/mol. The van der Waals surface area contributed by atoms with E-state index in [1.807, 2.05) is 11.7 Å². The molecule has 3 rings (SSSR count). The van der Waals surface area contributed by atoms with E-state index in [0.717, 1.165) is 25.2 Å². The minimum absolute atomic E-state index is 0.441. The van der Waals surface area contributed by atoms with Crippen molar-refractivity contribution in [1.82, 2.24) is 20.1 Å². The lowest BCUT2D eigenvalue weighted by atomic mass is 9.93. The highest BCUT2D eigenvalue weighted by Crippen LogP contribution is 2.29. The van der Waals surface area contributed by atoms with E-state index in [4.69, 9.17) is 0 Å². The molecule has 0 spiro atoms. The quantitative estimate of drug-likeness (QED) is 0.920. The van der Waals surface area contributed by atoms with Gasteiger partial charge >= 0.3 is 0 Å². The largest absolute Gasteiger partial charge is 0.304 e. The molecule has 0 aliphatic heterocycles. The molecule has 0 radical (unpaired) electrons. The molecule has 2 aromatic rings. The van der Waals surface area contributed by atoms with Gasteiger partial charge in [0.2, 0.25) is 0 Å². The van der Waals surface area contributed by atoms with Gasteiger partial charge in [0.1, 0.15) is 0 Å². The van der Waals surface area contributed by atoms with E-state index in [1.165, 1.54) is 24.1 Å². The number of fused-ring (bicyclic) bond motifs is 1. The number of hydrogen-bond acceptors (Lipinski definition) is 4. The molecule has 1 aliphatic carbocycles. The molecule has 0 saturated heterocycles. The van der Waals surface area contributed by atoms with Crippen molar-refractivity contribution in [2.24, 2.45) is 0 Å². The van der Waals surface area contributed by atoms with E-state index in [2.05, 4.69) is 32.4 Å². The van der Waals surface area contributed by atoms with Crippen LogP contribution >= 0.6 is 11.3 Å². The van der Waals surface area contributed by atoms with Crippen molar-refractivity contribution in [2.75, 3.05) is 0 Å². The summed E-state index contributed by atoms with van der Waals surface area (Å²) in [6.45, 7) is 3.97. The number of hydrogen-bond donors (Lipinski definition) is 1. The summed E-state index contributed by atoms with van der Waals surface area (Å²) in [7, 11) is 0. The van der Waals surface area contributed by atoms with Crippen LogP contribution in [0.2, 0.25) is 0 Å². The number of thiazole rings is 1. The molecule has 0 unspecified atom stereocenters. The topological polar surface area (TPSA) is 42.7 Å². The summed E-state index contributed by atoms with van der Waals surface area (Å²) in [5, 5.41) is 10.2. The smallest absolute Gasteiger partial charge is 0.0795 e. The third-order valence-corrected chi connectivity index (χ3v) is 4.21. The molecule has 0 amide bonds. The molecule has 4 nitrogen and oxygen atoms in total. The van der Waals surface area contributed by atoms with Crippen molar-refractivity contribution in [1.29, 1.82) is 0 Å². The molecule has 2 aromatic heterocycles. The lowest BCUT2D eigenvalue weighted by molar-refractivity contribution is 0.446. The predicted octanol–water partition coefficient (Wildman–Crippen LogP) is 2.53. The second-order valence-corrected chi connectivity index (χ2v) is 5.39. The van der Waals surface area contributed by atoms with Gasteiger partial charge in [-0.2, -0.15) is 5.10 Å². The zero-order valence-corrected chi connectivity index (χ0v) is 11.4. The second-order valence-electron chi connectivity index (χ2n) is 4.67. The van der Waals surface area contributed by atoms with Gasteiger partial charge in [-0.25, -0.2) is 4.98 Å². The summed E-state index contributed by atoms with van der Waals surface area (Å²) in [6.07, 6.45) is 5.65. The summed E-state index contributed by atoms with van der Waals surface area (Å²) in [4.78, 5) is 4.31. The van der Waals surface area contributed by atoms with Crippen molar-refractivity contribution in [2.45, 2.75) is 45.3 Å². The minimum Gasteiger partial charge on any atom is -0.304 e. The van der Waals surface area contributed by atoms with Gasteiger partial charge in [0.15, 0.2) is 0 Å². The van der Waals surface area contributed by atoms with Crippen LogP contribution in [0.4, 0.5) is 0 Å². The first-order valence-corrected chi connectivity index (χ1v) is 7.47. The van der Waals surface area contributed by atoms with Crippen LogP contribution in [-0.4, -0.2) is 14.8 Å². The first kappa shape index (κ1) is 11.9. The van der Waals surface area contributed by atoms with Gasteiger partial charge in [0.25, 0.3) is 0 Å². The summed E-state index contributed by atoms with van der Waals surface area (Å²) >= 11 is 1.65. The number of aromatic nitrogens is 3. The third-order valence-electron chi connectivity index (χ3n) is 3.58. The normalized spacial score (nSPS) is 18.8. The first-order valence-electron chi connectivity index (χ1n) is 6.53. The fourth-order valence-corrected chi connectivity index (χ4v) is 3.21. The molecule has 0 fully saturated rings. The van der Waals surface area contributed by atoms with Crippen LogP contribution in [0.15, 0.2) is 17.1 Å². The Hall–Kier alpha value is -1.20. The number of rotatable bonds is 4. The van der Waals surface area contributed by atoms with Gasteiger partial charge in [-0.3, -0.25) is 4.68 Å². The maximum atomic E-state index is 4.47. The third kappa shape index (κ3) is 2.20. The molecule has 1 atom stereocenters. The summed E-state index contributed by atoms with van der Waals surface area (Å²) in [5.41, 5.74) is 5.83. The Kier molecular flexibility index (Phi) is 3.43. The first-order chi connectivity index (χ1) is 8.88. The lowest BCUT2D eigenvalue weighted by Gasteiger charge is -2.23. The number of nitrogens with zero attached hydrogens (tertiary/aromatic N) is 3. The van der Waals surface area contributed by atoms with Gasteiger partial charge in [-0.1, -0.05) is 0 Å². The average molecular weight is 262 g/mol. The molecule has 1 aliphatic rings. The molecule has 96 valence electrons. The average Bonchev–Trinajstić information content (AvgIpc) is 3.05. The van der Waals surface area contributed by atoms with E-state index in [-0.39, 0.29) is 0 Å². The fourth-order valence-electron chi connectivity index (χ4n) is 2.66. The van der Waals surface area contributed by atoms with Crippen molar-refractivity contribution in [3.8, 4) is 0 Å². The molecule has 18 heavy (non-hydrogen) atoms. The van der Waals surface area contributed by atoms with Gasteiger partial charge in [0, 0.05) is 35.8 Å². The number of nitrogens with one attached hydrogen (secondary N) is 1. The highest BCUT2D eigenvalue weighted by molar-refractivity contribution is 7.07. The van der Waals surface area contributed by atoms with Crippen LogP contribution in [0.25, 0.3) is 0 Å². The maximum Gasteiger partial charge on any atom is 0.0795 e. The van der Waals surface area contributed by atoms with Crippen LogP contribution in [0.1, 0.15) is 42.8 Å². The second kappa shape index (κ2) is 5.20. The summed E-state index contributed by atoms with van der Waals surface area (Å²) < 4.78 is 2.13. The lowest BCUT2D eigenvalue weighted by Crippen LogP contribution is -2.25. The molecule has 2 heterocycles. The van der Waals surface area contributed by atoms with E-state index >= 15 is 0 Å². The fraction of sp³-hybridized carbons (Fsp3) is 0.538. The van der Waals surface area contributed by atoms with Crippen LogP contribution in [0.5, 0.6) is 0 Å². The van der Waals surface area contributed by atoms with Gasteiger partial charge in [-0.15, -0.1) is 11.3 Å². The summed E-state index contributed by atoms with van der Waals surface area (Å²) in [5.74, 6) is 0. The van der Waals surface area contributed by atoms with Crippen LogP contribution < -0.4 is 5.32 Å². The van der Waals surface area contributed by atoms with E-state index in [0.29, 0.717) is 6.04 Å². The van der Waals surface area contributed by atoms with Crippen LogP contribution in [-0.2, 0) is 19.5 Å². The molecule has 5 heteroatoms. The molecular weight excluding hydrogens is 244 g/mol. The SMILES string of the molecule is CCn1ncc2c1CCC[C@@H]2NCc1cscn1. The van der Waals surface area contributed by atoms with E-state index in [9.17, 15) is 0 Å². The Morgan fingerprint density at radius 3 is 3.28 bits per heavy atom. The minimum atomic E-state index is 0.441. The van der Waals surface area contributed by atoms with E-state index < -0.39 is 0 Å². The van der Waals surface area contributed by atoms with Gasteiger partial charge in [-0.05, 0) is 26.2 Å². The standard InChI is InChI=1S/C13H18N4S/c1-2-17-13-5-3-4-12(11(13)7-16-17)14-6-10-8-18-9-15-10/h7-9,12,14H,2-6H2,1H3/t12-/m0/s1. The summed E-state index contributed by atoms with van der Waals surface area (Å²) in [6, 6.07) is 0.441. The van der Waals surface area contributed by atoms with Crippen LogP contribution in [0.3, 0.4) is 0 Å². The zero-order valence-electron chi connectivity index (χ0n) is 10.6. The van der Waals surface area contributed by atoms with Gasteiger partial charge in [0.05, 0.1) is 17.4 Å². The molecule has 0 bridgehead atoms. The van der Waals surface area contributed by atoms with Gasteiger partial charge < -0.3 is 5.32 Å². The molecule has 0 saturated carbocycles. The molecule has 1 N–H and O–H groups in total. The monoisotopic (exact) mass is 262 g/mol.